The Bertz CT molecular complexity index is 509. The number of rotatable bonds is 5. The summed E-state index contributed by atoms with van der Waals surface area (Å²) in [5.74, 6) is -0.660. The number of hydrogen-bond donors (Lipinski definition) is 2. The molecule has 3 N–H and O–H groups in total. The Kier molecular flexibility index (Phi) is 3.99. The summed E-state index contributed by atoms with van der Waals surface area (Å²) in [5.41, 5.74) is 6.56. The van der Waals surface area contributed by atoms with E-state index in [9.17, 15) is 4.39 Å². The average molecular weight is 278 g/mol. The van der Waals surface area contributed by atoms with Crippen LogP contribution in [0.15, 0.2) is 18.2 Å². The van der Waals surface area contributed by atoms with Gasteiger partial charge in [-0.3, -0.25) is 5.41 Å². The van der Waals surface area contributed by atoms with Gasteiger partial charge in [-0.2, -0.15) is 0 Å². The fourth-order valence-corrected chi connectivity index (χ4v) is 2.96. The van der Waals surface area contributed by atoms with Gasteiger partial charge >= 0.3 is 0 Å². The first-order valence-corrected chi connectivity index (χ1v) is 6.89. The van der Waals surface area contributed by atoms with Gasteiger partial charge in [-0.1, -0.05) is 6.07 Å². The number of amidine groups is 1. The van der Waals surface area contributed by atoms with Gasteiger partial charge < -0.3 is 15.5 Å². The van der Waals surface area contributed by atoms with Crippen molar-refractivity contribution in [3.63, 3.8) is 0 Å². The molecule has 0 bridgehead atoms. The van der Waals surface area contributed by atoms with Crippen LogP contribution in [0.4, 0.5) is 10.1 Å². The van der Waals surface area contributed by atoms with Crippen LogP contribution in [0.1, 0.15) is 24.8 Å². The van der Waals surface area contributed by atoms with E-state index in [0.29, 0.717) is 5.69 Å². The predicted octanol–water partition coefficient (Wildman–Crippen LogP) is 2.03. The molecule has 0 radical (unpaired) electrons. The molecule has 0 unspecified atom stereocenters. The van der Waals surface area contributed by atoms with E-state index in [2.05, 4.69) is 19.0 Å². The van der Waals surface area contributed by atoms with Gasteiger partial charge in [0, 0.05) is 19.1 Å². The monoisotopic (exact) mass is 278 g/mol. The van der Waals surface area contributed by atoms with Crippen LogP contribution >= 0.6 is 0 Å². The Morgan fingerprint density at radius 2 is 2.00 bits per heavy atom. The Balaban J connectivity index is 2.28. The smallest absolute Gasteiger partial charge is 0.136 e. The van der Waals surface area contributed by atoms with Crippen molar-refractivity contribution in [2.45, 2.75) is 24.8 Å². The highest BCUT2D eigenvalue weighted by molar-refractivity contribution is 6.00. The number of benzene rings is 1. The summed E-state index contributed by atoms with van der Waals surface area (Å²) in [5, 5.41) is 7.59. The molecule has 0 spiro atoms. The summed E-state index contributed by atoms with van der Waals surface area (Å²) in [6, 6.07) is 4.83. The Morgan fingerprint density at radius 1 is 1.35 bits per heavy atom. The molecule has 1 saturated carbocycles. The first-order valence-electron chi connectivity index (χ1n) is 6.89. The minimum atomic E-state index is -0.436. The standard InChI is InChI=1S/C15H23FN4/c1-19(2)15(8-5-9-15)10-20(3)12-7-4-6-11(16)13(12)14(17)18/h4,6-7H,5,8-10H2,1-3H3,(H3,17,18). The third kappa shape index (κ3) is 2.50. The zero-order valence-corrected chi connectivity index (χ0v) is 12.4. The minimum Gasteiger partial charge on any atom is -0.384 e. The third-order valence-corrected chi connectivity index (χ3v) is 4.44. The zero-order chi connectivity index (χ0) is 14.9. The van der Waals surface area contributed by atoms with Crippen molar-refractivity contribution in [1.29, 1.82) is 5.41 Å². The highest BCUT2D eigenvalue weighted by Crippen LogP contribution is 2.38. The van der Waals surface area contributed by atoms with Gasteiger partial charge in [-0.15, -0.1) is 0 Å². The largest absolute Gasteiger partial charge is 0.384 e. The molecule has 0 amide bonds. The third-order valence-electron chi connectivity index (χ3n) is 4.44. The number of halogens is 1. The Hall–Kier alpha value is -1.62. The highest BCUT2D eigenvalue weighted by atomic mass is 19.1. The molecule has 110 valence electrons. The predicted molar refractivity (Wildman–Crippen MR) is 81.0 cm³/mol. The van der Waals surface area contributed by atoms with Crippen molar-refractivity contribution in [1.82, 2.24) is 4.90 Å². The summed E-state index contributed by atoms with van der Waals surface area (Å²) < 4.78 is 13.9. The number of nitrogens with one attached hydrogen (secondary N) is 1. The van der Waals surface area contributed by atoms with Crippen LogP contribution in [0.2, 0.25) is 0 Å². The normalized spacial score (nSPS) is 16.9. The van der Waals surface area contributed by atoms with Crippen molar-refractivity contribution < 1.29 is 4.39 Å². The van der Waals surface area contributed by atoms with Crippen LogP contribution in [0.5, 0.6) is 0 Å². The molecule has 1 fully saturated rings. The summed E-state index contributed by atoms with van der Waals surface area (Å²) in [7, 11) is 6.11. The van der Waals surface area contributed by atoms with Gasteiger partial charge in [-0.25, -0.2) is 4.39 Å². The quantitative estimate of drug-likeness (QED) is 0.640. The SMILES string of the molecule is CN(CC1(N(C)C)CCC1)c1cccc(F)c1C(=N)N. The molecule has 0 atom stereocenters. The van der Waals surface area contributed by atoms with E-state index in [-0.39, 0.29) is 16.9 Å². The molecule has 5 heteroatoms. The van der Waals surface area contributed by atoms with E-state index in [4.69, 9.17) is 11.1 Å². The van der Waals surface area contributed by atoms with Gasteiger partial charge in [0.25, 0.3) is 0 Å². The molecule has 1 aliphatic carbocycles. The second-order valence-electron chi connectivity index (χ2n) is 5.88. The van der Waals surface area contributed by atoms with Crippen LogP contribution in [-0.2, 0) is 0 Å². The molecule has 1 aliphatic rings. The molecule has 4 nitrogen and oxygen atoms in total. The van der Waals surface area contributed by atoms with Crippen molar-refractivity contribution in [2.75, 3.05) is 32.6 Å². The maximum atomic E-state index is 13.9. The van der Waals surface area contributed by atoms with Crippen LogP contribution in [0.3, 0.4) is 0 Å². The topological polar surface area (TPSA) is 56.4 Å². The fraction of sp³-hybridized carbons (Fsp3) is 0.533. The maximum Gasteiger partial charge on any atom is 0.136 e. The molecule has 0 aromatic heterocycles. The molecular weight excluding hydrogens is 255 g/mol. The maximum absolute atomic E-state index is 13.9. The first-order chi connectivity index (χ1) is 9.37. The van der Waals surface area contributed by atoms with Gasteiger partial charge in [0.2, 0.25) is 0 Å². The van der Waals surface area contributed by atoms with Crippen LogP contribution in [0.25, 0.3) is 0 Å². The van der Waals surface area contributed by atoms with E-state index in [1.807, 2.05) is 18.0 Å². The fourth-order valence-electron chi connectivity index (χ4n) is 2.96. The molecule has 0 aliphatic heterocycles. The van der Waals surface area contributed by atoms with E-state index in [0.717, 1.165) is 19.4 Å². The molecule has 2 rings (SSSR count). The number of anilines is 1. The van der Waals surface area contributed by atoms with Crippen LogP contribution in [0, 0.1) is 11.2 Å². The number of nitrogen functional groups attached to an aromatic ring is 1. The number of nitrogens with two attached hydrogens (primary N) is 1. The van der Waals surface area contributed by atoms with Crippen molar-refractivity contribution in [3.8, 4) is 0 Å². The second kappa shape index (κ2) is 5.40. The van der Waals surface area contributed by atoms with Crippen LogP contribution < -0.4 is 10.6 Å². The summed E-state index contributed by atoms with van der Waals surface area (Å²) in [6.45, 7) is 0.809. The lowest BCUT2D eigenvalue weighted by Gasteiger charge is -2.49. The summed E-state index contributed by atoms with van der Waals surface area (Å²) in [6.07, 6.45) is 3.53. The lowest BCUT2D eigenvalue weighted by atomic mass is 9.75. The molecular formula is C15H23FN4. The van der Waals surface area contributed by atoms with Gasteiger partial charge in [0.05, 0.1) is 11.3 Å². The minimum absolute atomic E-state index is 0.148. The van der Waals surface area contributed by atoms with Crippen molar-refractivity contribution in [3.05, 3.63) is 29.6 Å². The summed E-state index contributed by atoms with van der Waals surface area (Å²) >= 11 is 0. The number of likely N-dealkylation sites (N-methyl/N-ethyl adjacent to an activating group) is 2. The average Bonchev–Trinajstić information content (AvgIpc) is 2.32. The molecule has 0 heterocycles. The van der Waals surface area contributed by atoms with Gasteiger partial charge in [-0.05, 0) is 45.5 Å². The lowest BCUT2D eigenvalue weighted by Crippen LogP contribution is -2.57. The van der Waals surface area contributed by atoms with Crippen molar-refractivity contribution in [2.24, 2.45) is 5.73 Å². The first kappa shape index (κ1) is 14.8. The Morgan fingerprint density at radius 3 is 2.45 bits per heavy atom. The summed E-state index contributed by atoms with van der Waals surface area (Å²) in [4.78, 5) is 4.26. The second-order valence-corrected chi connectivity index (χ2v) is 5.88. The number of nitrogens with zero attached hydrogens (tertiary/aromatic N) is 2. The lowest BCUT2D eigenvalue weighted by molar-refractivity contribution is 0.0683. The van der Waals surface area contributed by atoms with Crippen molar-refractivity contribution >= 4 is 11.5 Å². The van der Waals surface area contributed by atoms with Gasteiger partial charge in [0.15, 0.2) is 0 Å². The van der Waals surface area contributed by atoms with Crippen LogP contribution in [-0.4, -0.2) is 44.0 Å². The van der Waals surface area contributed by atoms with E-state index < -0.39 is 5.82 Å². The van der Waals surface area contributed by atoms with E-state index in [1.54, 1.807) is 6.07 Å². The molecule has 20 heavy (non-hydrogen) atoms. The van der Waals surface area contributed by atoms with Gasteiger partial charge in [0.1, 0.15) is 11.7 Å². The van der Waals surface area contributed by atoms with E-state index >= 15 is 0 Å². The highest BCUT2D eigenvalue weighted by Gasteiger charge is 2.40. The molecule has 1 aromatic rings. The van der Waals surface area contributed by atoms with E-state index in [1.165, 1.54) is 12.5 Å². The molecule has 1 aromatic carbocycles. The zero-order valence-electron chi connectivity index (χ0n) is 12.4. The Labute approximate surface area is 119 Å². The number of hydrogen-bond acceptors (Lipinski definition) is 3. The molecule has 0 saturated heterocycles.